The van der Waals surface area contributed by atoms with E-state index >= 15 is 0 Å². The van der Waals surface area contributed by atoms with Crippen LogP contribution in [-0.4, -0.2) is 27.8 Å². The molecule has 2 N–H and O–H groups in total. The second-order valence-corrected chi connectivity index (χ2v) is 5.79. The van der Waals surface area contributed by atoms with E-state index in [1.165, 1.54) is 5.56 Å². The van der Waals surface area contributed by atoms with Gasteiger partial charge in [0.25, 0.3) is 0 Å². The molecule has 1 fully saturated rings. The summed E-state index contributed by atoms with van der Waals surface area (Å²) in [6, 6.07) is 10.8. The first-order valence-electron chi connectivity index (χ1n) is 7.76. The molecule has 4 nitrogen and oxygen atoms in total. The number of nitrogens with one attached hydrogen (secondary N) is 1. The fraction of sp³-hybridized carbons (Fsp3) is 0.471. The zero-order valence-corrected chi connectivity index (χ0v) is 12.3. The summed E-state index contributed by atoms with van der Waals surface area (Å²) in [7, 11) is 0. The van der Waals surface area contributed by atoms with E-state index in [0.717, 1.165) is 38.2 Å². The van der Waals surface area contributed by atoms with Crippen LogP contribution < -0.4 is 5.32 Å². The smallest absolute Gasteiger partial charge is 0.125 e. The lowest BCUT2D eigenvalue weighted by Gasteiger charge is -2.29. The summed E-state index contributed by atoms with van der Waals surface area (Å²) in [4.78, 5) is 4.54. The highest BCUT2D eigenvalue weighted by Crippen LogP contribution is 2.26. The molecule has 21 heavy (non-hydrogen) atoms. The fourth-order valence-corrected chi connectivity index (χ4v) is 3.07. The number of hydrogen-bond acceptors (Lipinski definition) is 3. The average molecular weight is 285 g/mol. The molecule has 1 aromatic heterocycles. The maximum absolute atomic E-state index is 9.37. The molecule has 1 aliphatic heterocycles. The van der Waals surface area contributed by atoms with Gasteiger partial charge in [0.1, 0.15) is 5.82 Å². The summed E-state index contributed by atoms with van der Waals surface area (Å²) >= 11 is 0. The molecule has 2 heterocycles. The number of rotatable bonds is 5. The molecule has 0 aliphatic carbocycles. The largest absolute Gasteiger partial charge is 0.396 e. The van der Waals surface area contributed by atoms with Crippen molar-refractivity contribution in [1.82, 2.24) is 14.9 Å². The summed E-state index contributed by atoms with van der Waals surface area (Å²) in [6.07, 6.45) is 6.98. The summed E-state index contributed by atoms with van der Waals surface area (Å²) < 4.78 is 2.24. The zero-order valence-electron chi connectivity index (χ0n) is 12.3. The van der Waals surface area contributed by atoms with Crippen LogP contribution in [-0.2, 0) is 13.0 Å². The molecule has 112 valence electrons. The van der Waals surface area contributed by atoms with Crippen molar-refractivity contribution in [3.05, 3.63) is 54.1 Å². The van der Waals surface area contributed by atoms with E-state index in [2.05, 4.69) is 45.3 Å². The second-order valence-electron chi connectivity index (χ2n) is 5.79. The van der Waals surface area contributed by atoms with Crippen LogP contribution in [0.15, 0.2) is 42.7 Å². The van der Waals surface area contributed by atoms with Crippen molar-refractivity contribution in [2.24, 2.45) is 5.92 Å². The van der Waals surface area contributed by atoms with Gasteiger partial charge in [-0.25, -0.2) is 4.98 Å². The van der Waals surface area contributed by atoms with Crippen LogP contribution in [0, 0.1) is 5.92 Å². The summed E-state index contributed by atoms with van der Waals surface area (Å²) in [5.41, 5.74) is 1.35. The quantitative estimate of drug-likeness (QED) is 0.885. The third kappa shape index (κ3) is 3.52. The monoisotopic (exact) mass is 285 g/mol. The van der Waals surface area contributed by atoms with E-state index in [4.69, 9.17) is 0 Å². The number of aryl methyl sites for hydroxylation is 2. The van der Waals surface area contributed by atoms with Crippen molar-refractivity contribution < 1.29 is 5.11 Å². The van der Waals surface area contributed by atoms with E-state index < -0.39 is 0 Å². The minimum absolute atomic E-state index is 0.265. The van der Waals surface area contributed by atoms with Gasteiger partial charge in [0.2, 0.25) is 0 Å². The van der Waals surface area contributed by atoms with Gasteiger partial charge >= 0.3 is 0 Å². The van der Waals surface area contributed by atoms with Gasteiger partial charge in [-0.2, -0.15) is 0 Å². The molecule has 3 rings (SSSR count). The number of imidazole rings is 1. The Morgan fingerprint density at radius 3 is 2.95 bits per heavy atom. The SMILES string of the molecule is OCC1CCNC(c2nccn2CCc2ccccc2)C1. The molecule has 0 bridgehead atoms. The van der Waals surface area contributed by atoms with Crippen LogP contribution >= 0.6 is 0 Å². The van der Waals surface area contributed by atoms with Crippen molar-refractivity contribution in [3.63, 3.8) is 0 Å². The predicted molar refractivity (Wildman–Crippen MR) is 82.9 cm³/mol. The van der Waals surface area contributed by atoms with Gasteiger partial charge in [-0.15, -0.1) is 0 Å². The van der Waals surface area contributed by atoms with Gasteiger partial charge in [-0.05, 0) is 37.3 Å². The molecule has 1 saturated heterocycles. The van der Waals surface area contributed by atoms with Crippen LogP contribution in [0.5, 0.6) is 0 Å². The van der Waals surface area contributed by atoms with Gasteiger partial charge in [0.05, 0.1) is 6.04 Å². The fourth-order valence-electron chi connectivity index (χ4n) is 3.07. The van der Waals surface area contributed by atoms with Crippen LogP contribution in [0.25, 0.3) is 0 Å². The number of aliphatic hydroxyl groups is 1. The maximum atomic E-state index is 9.37. The van der Waals surface area contributed by atoms with Gasteiger partial charge < -0.3 is 15.0 Å². The van der Waals surface area contributed by atoms with E-state index in [9.17, 15) is 5.11 Å². The predicted octanol–water partition coefficient (Wildman–Crippen LogP) is 2.16. The number of hydrogen-bond donors (Lipinski definition) is 2. The highest BCUT2D eigenvalue weighted by molar-refractivity contribution is 5.15. The number of benzene rings is 1. The first kappa shape index (κ1) is 14.3. The second kappa shape index (κ2) is 6.87. The Hall–Kier alpha value is -1.65. The first-order valence-corrected chi connectivity index (χ1v) is 7.76. The molecule has 2 atom stereocenters. The molecule has 2 unspecified atom stereocenters. The molecule has 2 aromatic rings. The molecule has 0 radical (unpaired) electrons. The van der Waals surface area contributed by atoms with Crippen molar-refractivity contribution in [1.29, 1.82) is 0 Å². The highest BCUT2D eigenvalue weighted by Gasteiger charge is 2.25. The normalized spacial score (nSPS) is 22.3. The molecule has 1 aromatic carbocycles. The van der Waals surface area contributed by atoms with E-state index in [0.29, 0.717) is 5.92 Å². The Morgan fingerprint density at radius 2 is 2.14 bits per heavy atom. The number of aliphatic hydroxyl groups excluding tert-OH is 1. The van der Waals surface area contributed by atoms with Crippen LogP contribution in [0.2, 0.25) is 0 Å². The standard InChI is InChI=1S/C17H23N3O/c21-13-15-6-8-18-16(12-15)17-19-9-11-20(17)10-7-14-4-2-1-3-5-14/h1-5,9,11,15-16,18,21H,6-8,10,12-13H2. The number of nitrogens with zero attached hydrogens (tertiary/aromatic N) is 2. The number of aromatic nitrogens is 2. The zero-order chi connectivity index (χ0) is 14.5. The van der Waals surface area contributed by atoms with Gasteiger partial charge in [0, 0.05) is 25.5 Å². The Bertz CT molecular complexity index is 552. The van der Waals surface area contributed by atoms with E-state index in [-0.39, 0.29) is 12.6 Å². The lowest BCUT2D eigenvalue weighted by atomic mass is 9.93. The summed E-state index contributed by atoms with van der Waals surface area (Å²) in [6.45, 7) is 2.19. The van der Waals surface area contributed by atoms with Gasteiger partial charge in [0.15, 0.2) is 0 Å². The topological polar surface area (TPSA) is 50.1 Å². The summed E-state index contributed by atoms with van der Waals surface area (Å²) in [5.74, 6) is 1.50. The third-order valence-corrected chi connectivity index (χ3v) is 4.31. The third-order valence-electron chi connectivity index (χ3n) is 4.31. The van der Waals surface area contributed by atoms with Crippen molar-refractivity contribution in [3.8, 4) is 0 Å². The minimum atomic E-state index is 0.265. The van der Waals surface area contributed by atoms with Crippen LogP contribution in [0.4, 0.5) is 0 Å². The van der Waals surface area contributed by atoms with Gasteiger partial charge in [-0.1, -0.05) is 30.3 Å². The summed E-state index contributed by atoms with van der Waals surface area (Å²) in [5, 5.41) is 12.9. The lowest BCUT2D eigenvalue weighted by molar-refractivity contribution is 0.173. The Morgan fingerprint density at radius 1 is 1.29 bits per heavy atom. The molecule has 1 aliphatic rings. The molecular weight excluding hydrogens is 262 g/mol. The van der Waals surface area contributed by atoms with E-state index in [1.807, 2.05) is 12.3 Å². The molecular formula is C17H23N3O. The number of piperidine rings is 1. The Labute approximate surface area is 125 Å². The van der Waals surface area contributed by atoms with Crippen LogP contribution in [0.3, 0.4) is 0 Å². The minimum Gasteiger partial charge on any atom is -0.396 e. The Kier molecular flexibility index (Phi) is 4.68. The molecule has 0 spiro atoms. The first-order chi connectivity index (χ1) is 10.4. The van der Waals surface area contributed by atoms with Gasteiger partial charge in [-0.3, -0.25) is 0 Å². The van der Waals surface area contributed by atoms with Crippen molar-refractivity contribution >= 4 is 0 Å². The average Bonchev–Trinajstić information content (AvgIpc) is 3.02. The van der Waals surface area contributed by atoms with E-state index in [1.54, 1.807) is 0 Å². The maximum Gasteiger partial charge on any atom is 0.125 e. The highest BCUT2D eigenvalue weighted by atomic mass is 16.3. The lowest BCUT2D eigenvalue weighted by Crippen LogP contribution is -2.34. The van der Waals surface area contributed by atoms with Crippen molar-refractivity contribution in [2.45, 2.75) is 31.8 Å². The molecule has 4 heteroatoms. The van der Waals surface area contributed by atoms with Crippen LogP contribution in [0.1, 0.15) is 30.3 Å². The Balaban J connectivity index is 1.66. The molecule has 0 amide bonds. The van der Waals surface area contributed by atoms with Crippen molar-refractivity contribution in [2.75, 3.05) is 13.2 Å². The molecule has 0 saturated carbocycles.